The Hall–Kier alpha value is -2.24. The third-order valence-electron chi connectivity index (χ3n) is 4.50. The fourth-order valence-corrected chi connectivity index (χ4v) is 3.43. The zero-order chi connectivity index (χ0) is 17.2. The van der Waals surface area contributed by atoms with Crippen LogP contribution < -0.4 is 15.0 Å². The molecular weight excluding hydrogens is 340 g/mol. The van der Waals surface area contributed by atoms with Crippen molar-refractivity contribution >= 4 is 28.9 Å². The second-order valence-electron chi connectivity index (χ2n) is 6.17. The summed E-state index contributed by atoms with van der Waals surface area (Å²) < 4.78 is 11.2. The Morgan fingerprint density at radius 2 is 1.96 bits per heavy atom. The molecule has 1 atom stereocenters. The number of ether oxygens (including phenoxy) is 2. The molecule has 1 N–H and O–H groups in total. The molecule has 130 valence electrons. The Balaban J connectivity index is 1.49. The van der Waals surface area contributed by atoms with Crippen LogP contribution >= 0.6 is 11.6 Å². The van der Waals surface area contributed by atoms with Crippen LogP contribution in [-0.4, -0.2) is 38.3 Å². The van der Waals surface area contributed by atoms with Crippen molar-refractivity contribution in [3.63, 3.8) is 0 Å². The molecule has 0 aliphatic carbocycles. The van der Waals surface area contributed by atoms with Gasteiger partial charge in [0.1, 0.15) is 5.75 Å². The van der Waals surface area contributed by atoms with E-state index in [0.29, 0.717) is 24.7 Å². The van der Waals surface area contributed by atoms with Crippen LogP contribution in [-0.2, 0) is 16.0 Å². The predicted molar refractivity (Wildman–Crippen MR) is 97.7 cm³/mol. The van der Waals surface area contributed by atoms with E-state index in [9.17, 15) is 4.79 Å². The Morgan fingerprint density at radius 3 is 2.80 bits per heavy atom. The van der Waals surface area contributed by atoms with Crippen molar-refractivity contribution in [3.8, 4) is 5.75 Å². The summed E-state index contributed by atoms with van der Waals surface area (Å²) in [6.07, 6.45) is -0.00670. The summed E-state index contributed by atoms with van der Waals surface area (Å²) in [7, 11) is 0. The molecule has 0 radical (unpaired) electrons. The van der Waals surface area contributed by atoms with Crippen LogP contribution in [0.2, 0.25) is 5.02 Å². The molecule has 2 aliphatic rings. The van der Waals surface area contributed by atoms with E-state index < -0.39 is 6.10 Å². The largest absolute Gasteiger partial charge is 0.480 e. The van der Waals surface area contributed by atoms with Crippen LogP contribution in [0.3, 0.4) is 0 Å². The van der Waals surface area contributed by atoms with Crippen molar-refractivity contribution in [2.24, 2.45) is 0 Å². The number of anilines is 2. The summed E-state index contributed by atoms with van der Waals surface area (Å²) in [5, 5.41) is 3.67. The normalized spacial score (nSPS) is 19.2. The van der Waals surface area contributed by atoms with Crippen LogP contribution in [0.5, 0.6) is 5.75 Å². The van der Waals surface area contributed by atoms with Crippen LogP contribution in [0.15, 0.2) is 42.5 Å². The Labute approximate surface area is 151 Å². The molecule has 1 saturated heterocycles. The van der Waals surface area contributed by atoms with Gasteiger partial charge < -0.3 is 19.7 Å². The van der Waals surface area contributed by atoms with Gasteiger partial charge in [-0.05, 0) is 35.9 Å². The van der Waals surface area contributed by atoms with E-state index in [-0.39, 0.29) is 5.91 Å². The number of para-hydroxylation sites is 2. The average molecular weight is 359 g/mol. The molecule has 1 fully saturated rings. The Kier molecular flexibility index (Phi) is 4.51. The number of carbonyl (C=O) groups excluding carboxylic acids is 1. The second-order valence-corrected chi connectivity index (χ2v) is 6.60. The van der Waals surface area contributed by atoms with Gasteiger partial charge in [0, 0.05) is 24.5 Å². The van der Waals surface area contributed by atoms with Gasteiger partial charge in [-0.25, -0.2) is 0 Å². The van der Waals surface area contributed by atoms with E-state index in [1.54, 1.807) is 6.07 Å². The van der Waals surface area contributed by atoms with Crippen molar-refractivity contribution in [3.05, 3.63) is 53.1 Å². The number of benzene rings is 2. The molecule has 0 unspecified atom stereocenters. The number of fused-ring (bicyclic) bond motifs is 1. The maximum atomic E-state index is 12.7. The molecule has 0 saturated carbocycles. The molecular formula is C19H19ClN2O3. The van der Waals surface area contributed by atoms with E-state index in [1.807, 2.05) is 36.4 Å². The highest BCUT2D eigenvalue weighted by atomic mass is 35.5. The lowest BCUT2D eigenvalue weighted by Crippen LogP contribution is -2.37. The van der Waals surface area contributed by atoms with Gasteiger partial charge in [-0.2, -0.15) is 0 Å². The third-order valence-corrected chi connectivity index (χ3v) is 4.74. The quantitative estimate of drug-likeness (QED) is 0.916. The maximum Gasteiger partial charge on any atom is 0.265 e. The minimum absolute atomic E-state index is 0.145. The van der Waals surface area contributed by atoms with Gasteiger partial charge in [0.25, 0.3) is 5.91 Å². The minimum atomic E-state index is -0.536. The van der Waals surface area contributed by atoms with E-state index in [1.165, 1.54) is 0 Å². The number of carbonyl (C=O) groups is 1. The second kappa shape index (κ2) is 6.94. The average Bonchev–Trinajstić information content (AvgIpc) is 3.06. The number of hydrogen-bond acceptors (Lipinski definition) is 4. The number of rotatable bonds is 3. The number of nitrogens with one attached hydrogen (secondary N) is 1. The Bertz CT molecular complexity index is 790. The molecule has 2 aliphatic heterocycles. The van der Waals surface area contributed by atoms with E-state index in [4.69, 9.17) is 21.1 Å². The van der Waals surface area contributed by atoms with Crippen molar-refractivity contribution < 1.29 is 14.3 Å². The summed E-state index contributed by atoms with van der Waals surface area (Å²) in [5.74, 6) is 0.582. The van der Waals surface area contributed by atoms with Crippen LogP contribution in [0.4, 0.5) is 11.4 Å². The number of amides is 1. The highest BCUT2D eigenvalue weighted by molar-refractivity contribution is 6.30. The number of hydrogen-bond donors (Lipinski definition) is 1. The molecule has 4 rings (SSSR count). The fourth-order valence-electron chi connectivity index (χ4n) is 3.24. The lowest BCUT2D eigenvalue weighted by Gasteiger charge is -2.30. The summed E-state index contributed by atoms with van der Waals surface area (Å²) >= 11 is 6.02. The van der Waals surface area contributed by atoms with Crippen LogP contribution in [0.25, 0.3) is 0 Å². The van der Waals surface area contributed by atoms with Crippen LogP contribution in [0.1, 0.15) is 5.56 Å². The van der Waals surface area contributed by atoms with Gasteiger partial charge >= 0.3 is 0 Å². The van der Waals surface area contributed by atoms with Gasteiger partial charge in [-0.1, -0.05) is 23.7 Å². The van der Waals surface area contributed by atoms with Crippen LogP contribution in [0, 0.1) is 0 Å². The number of nitrogens with zero attached hydrogens (tertiary/aromatic N) is 1. The van der Waals surface area contributed by atoms with Crippen molar-refractivity contribution in [1.82, 2.24) is 0 Å². The van der Waals surface area contributed by atoms with Crippen molar-refractivity contribution in [2.45, 2.75) is 12.5 Å². The summed E-state index contributed by atoms with van der Waals surface area (Å²) in [5.41, 5.74) is 2.78. The first-order valence-electron chi connectivity index (χ1n) is 8.38. The fraction of sp³-hybridized carbons (Fsp3) is 0.316. The standard InChI is InChI=1S/C19H19ClN2O3/c20-14-5-6-17-13(11-14)12-18(25-17)19(23)21-15-3-1-2-4-16(15)22-7-9-24-10-8-22/h1-6,11,18H,7-10,12H2,(H,21,23)/t18-/m0/s1. The summed E-state index contributed by atoms with van der Waals surface area (Å²) in [6, 6.07) is 13.3. The maximum absolute atomic E-state index is 12.7. The lowest BCUT2D eigenvalue weighted by atomic mass is 10.1. The van der Waals surface area contributed by atoms with Crippen molar-refractivity contribution in [1.29, 1.82) is 0 Å². The van der Waals surface area contributed by atoms with Gasteiger partial charge in [0.05, 0.1) is 24.6 Å². The lowest BCUT2D eigenvalue weighted by molar-refractivity contribution is -0.122. The van der Waals surface area contributed by atoms with E-state index >= 15 is 0 Å². The Morgan fingerprint density at radius 1 is 1.16 bits per heavy atom. The number of morpholine rings is 1. The number of halogens is 1. The zero-order valence-corrected chi connectivity index (χ0v) is 14.5. The van der Waals surface area contributed by atoms with Gasteiger partial charge in [-0.15, -0.1) is 0 Å². The summed E-state index contributed by atoms with van der Waals surface area (Å²) in [4.78, 5) is 14.9. The van der Waals surface area contributed by atoms with E-state index in [2.05, 4.69) is 10.2 Å². The minimum Gasteiger partial charge on any atom is -0.480 e. The topological polar surface area (TPSA) is 50.8 Å². The highest BCUT2D eigenvalue weighted by Crippen LogP contribution is 2.32. The van der Waals surface area contributed by atoms with Crippen molar-refractivity contribution in [2.75, 3.05) is 36.5 Å². The first-order valence-corrected chi connectivity index (χ1v) is 8.76. The first-order chi connectivity index (χ1) is 12.2. The van der Waals surface area contributed by atoms with Gasteiger partial charge in [0.15, 0.2) is 6.10 Å². The zero-order valence-electron chi connectivity index (χ0n) is 13.7. The van der Waals surface area contributed by atoms with Gasteiger partial charge in [-0.3, -0.25) is 4.79 Å². The monoisotopic (exact) mass is 358 g/mol. The first kappa shape index (κ1) is 16.2. The molecule has 25 heavy (non-hydrogen) atoms. The molecule has 1 amide bonds. The molecule has 5 nitrogen and oxygen atoms in total. The molecule has 0 bridgehead atoms. The molecule has 6 heteroatoms. The predicted octanol–water partition coefficient (Wildman–Crippen LogP) is 3.12. The van der Waals surface area contributed by atoms with E-state index in [0.717, 1.165) is 35.8 Å². The molecule has 2 heterocycles. The summed E-state index contributed by atoms with van der Waals surface area (Å²) in [6.45, 7) is 3.03. The van der Waals surface area contributed by atoms with Gasteiger partial charge in [0.2, 0.25) is 0 Å². The molecule has 0 aromatic heterocycles. The molecule has 2 aromatic rings. The molecule has 2 aromatic carbocycles. The highest BCUT2D eigenvalue weighted by Gasteiger charge is 2.30. The smallest absolute Gasteiger partial charge is 0.265 e. The SMILES string of the molecule is O=C(Nc1ccccc1N1CCOCC1)[C@@H]1Cc2cc(Cl)ccc2O1. The molecule has 0 spiro atoms. The third kappa shape index (κ3) is 3.43.